The Hall–Kier alpha value is -1.37. The Kier molecular flexibility index (Phi) is 3.66. The molecule has 0 amide bonds. The van der Waals surface area contributed by atoms with E-state index in [0.29, 0.717) is 11.4 Å². The van der Waals surface area contributed by atoms with Crippen LogP contribution < -0.4 is 0 Å². The standard InChI is InChI=1S/C12H13F2NO3S/c1-6(16)9-8(11(17)18-2)15-10(19-9)7-3-4-12(13,14)5-7/h7H,3-5H2,1-2H3. The second-order valence-electron chi connectivity index (χ2n) is 4.57. The van der Waals surface area contributed by atoms with Crippen LogP contribution >= 0.6 is 11.3 Å². The summed E-state index contributed by atoms with van der Waals surface area (Å²) < 4.78 is 30.9. The highest BCUT2D eigenvalue weighted by molar-refractivity contribution is 7.14. The highest BCUT2D eigenvalue weighted by Gasteiger charge is 2.41. The molecule has 0 aromatic carbocycles. The Balaban J connectivity index is 2.33. The van der Waals surface area contributed by atoms with Gasteiger partial charge in [0.25, 0.3) is 0 Å². The lowest BCUT2D eigenvalue weighted by Gasteiger charge is -2.07. The number of carbonyl (C=O) groups is 2. The van der Waals surface area contributed by atoms with Crippen LogP contribution in [0.4, 0.5) is 8.78 Å². The molecule has 1 saturated carbocycles. The third-order valence-electron chi connectivity index (χ3n) is 3.10. The van der Waals surface area contributed by atoms with Gasteiger partial charge in [-0.25, -0.2) is 18.6 Å². The minimum Gasteiger partial charge on any atom is -0.464 e. The summed E-state index contributed by atoms with van der Waals surface area (Å²) in [4.78, 5) is 27.2. The minimum atomic E-state index is -2.68. The normalized spacial score (nSPS) is 21.4. The Morgan fingerprint density at radius 2 is 2.16 bits per heavy atom. The van der Waals surface area contributed by atoms with E-state index in [4.69, 9.17) is 0 Å². The number of ether oxygens (including phenoxy) is 1. The number of halogens is 2. The van der Waals surface area contributed by atoms with Crippen molar-refractivity contribution in [3.8, 4) is 0 Å². The summed E-state index contributed by atoms with van der Waals surface area (Å²) in [5.74, 6) is -4.10. The fourth-order valence-electron chi connectivity index (χ4n) is 2.15. The molecule has 4 nitrogen and oxygen atoms in total. The van der Waals surface area contributed by atoms with Gasteiger partial charge in [-0.2, -0.15) is 0 Å². The first-order valence-electron chi connectivity index (χ1n) is 5.82. The molecule has 1 atom stereocenters. The number of Topliss-reactive ketones (excluding diaryl/α,β-unsaturated/α-hetero) is 1. The van der Waals surface area contributed by atoms with Crippen LogP contribution in [-0.4, -0.2) is 29.8 Å². The fraction of sp³-hybridized carbons (Fsp3) is 0.583. The van der Waals surface area contributed by atoms with Gasteiger partial charge in [-0.3, -0.25) is 4.79 Å². The Labute approximate surface area is 112 Å². The summed E-state index contributed by atoms with van der Waals surface area (Å²) >= 11 is 1.01. The van der Waals surface area contributed by atoms with Gasteiger partial charge in [-0.1, -0.05) is 0 Å². The third kappa shape index (κ3) is 2.80. The predicted molar refractivity (Wildman–Crippen MR) is 65.0 cm³/mol. The zero-order valence-corrected chi connectivity index (χ0v) is 11.4. The number of rotatable bonds is 3. The van der Waals surface area contributed by atoms with Gasteiger partial charge in [-0.05, 0) is 6.42 Å². The molecular formula is C12H13F2NO3S. The van der Waals surface area contributed by atoms with E-state index in [1.165, 1.54) is 14.0 Å². The van der Waals surface area contributed by atoms with Crippen molar-refractivity contribution in [1.29, 1.82) is 0 Å². The van der Waals surface area contributed by atoms with Crippen LogP contribution in [-0.2, 0) is 4.74 Å². The van der Waals surface area contributed by atoms with E-state index < -0.39 is 17.8 Å². The number of aromatic nitrogens is 1. The molecule has 0 bridgehead atoms. The monoisotopic (exact) mass is 289 g/mol. The number of nitrogens with zero attached hydrogens (tertiary/aromatic N) is 1. The van der Waals surface area contributed by atoms with Crippen molar-refractivity contribution in [1.82, 2.24) is 4.98 Å². The van der Waals surface area contributed by atoms with Crippen molar-refractivity contribution >= 4 is 23.1 Å². The molecule has 1 aromatic heterocycles. The lowest BCUT2D eigenvalue weighted by atomic mass is 10.1. The zero-order valence-electron chi connectivity index (χ0n) is 10.5. The molecule has 7 heteroatoms. The van der Waals surface area contributed by atoms with Crippen molar-refractivity contribution < 1.29 is 23.1 Å². The van der Waals surface area contributed by atoms with Gasteiger partial charge in [0.1, 0.15) is 4.88 Å². The number of esters is 1. The Morgan fingerprint density at radius 3 is 2.63 bits per heavy atom. The van der Waals surface area contributed by atoms with Gasteiger partial charge in [0.2, 0.25) is 5.92 Å². The van der Waals surface area contributed by atoms with Crippen molar-refractivity contribution in [2.24, 2.45) is 0 Å². The van der Waals surface area contributed by atoms with Crippen molar-refractivity contribution in [3.05, 3.63) is 15.6 Å². The van der Waals surface area contributed by atoms with Crippen molar-refractivity contribution in [2.75, 3.05) is 7.11 Å². The fourth-order valence-corrected chi connectivity index (χ4v) is 3.23. The van der Waals surface area contributed by atoms with Gasteiger partial charge in [0.05, 0.1) is 12.1 Å². The molecule has 2 rings (SSSR count). The van der Waals surface area contributed by atoms with E-state index in [-0.39, 0.29) is 29.2 Å². The lowest BCUT2D eigenvalue weighted by molar-refractivity contribution is 0.00775. The zero-order chi connectivity index (χ0) is 14.2. The van der Waals surface area contributed by atoms with Crippen LogP contribution in [0.5, 0.6) is 0 Å². The highest BCUT2D eigenvalue weighted by Crippen LogP contribution is 2.45. The maximum absolute atomic E-state index is 13.2. The molecule has 0 radical (unpaired) electrons. The average molecular weight is 289 g/mol. The quantitative estimate of drug-likeness (QED) is 0.634. The number of ketones is 1. The van der Waals surface area contributed by atoms with Crippen LogP contribution in [0.3, 0.4) is 0 Å². The van der Waals surface area contributed by atoms with E-state index in [9.17, 15) is 18.4 Å². The first-order chi connectivity index (χ1) is 8.84. The van der Waals surface area contributed by atoms with Gasteiger partial charge in [0.15, 0.2) is 11.5 Å². The predicted octanol–water partition coefficient (Wildman–Crippen LogP) is 3.04. The summed E-state index contributed by atoms with van der Waals surface area (Å²) in [6.45, 7) is 1.31. The highest BCUT2D eigenvalue weighted by atomic mass is 32.1. The number of carbonyl (C=O) groups excluding carboxylic acids is 2. The molecular weight excluding hydrogens is 276 g/mol. The third-order valence-corrected chi connectivity index (χ3v) is 4.41. The van der Waals surface area contributed by atoms with Crippen LogP contribution in [0, 0.1) is 0 Å². The summed E-state index contributed by atoms with van der Waals surface area (Å²) in [7, 11) is 1.19. The maximum atomic E-state index is 13.2. The molecule has 104 valence electrons. The van der Waals surface area contributed by atoms with Crippen molar-refractivity contribution in [3.63, 3.8) is 0 Å². The molecule has 0 N–H and O–H groups in total. The summed E-state index contributed by atoms with van der Waals surface area (Å²) in [6, 6.07) is 0. The molecule has 0 spiro atoms. The van der Waals surface area contributed by atoms with E-state index in [2.05, 4.69) is 9.72 Å². The van der Waals surface area contributed by atoms with E-state index in [1.807, 2.05) is 0 Å². The Morgan fingerprint density at radius 1 is 1.47 bits per heavy atom. The van der Waals surface area contributed by atoms with Crippen LogP contribution in [0.2, 0.25) is 0 Å². The molecule has 1 fully saturated rings. The maximum Gasteiger partial charge on any atom is 0.358 e. The van der Waals surface area contributed by atoms with E-state index in [1.54, 1.807) is 0 Å². The molecule has 1 aliphatic carbocycles. The van der Waals surface area contributed by atoms with Gasteiger partial charge < -0.3 is 4.74 Å². The van der Waals surface area contributed by atoms with Gasteiger partial charge in [0, 0.05) is 25.7 Å². The largest absolute Gasteiger partial charge is 0.464 e. The average Bonchev–Trinajstić information content (AvgIpc) is 2.91. The number of thiazole rings is 1. The Bertz CT molecular complexity index is 527. The number of alkyl halides is 2. The summed E-state index contributed by atoms with van der Waals surface area (Å²) in [6.07, 6.45) is -0.142. The minimum absolute atomic E-state index is 0.0646. The van der Waals surface area contributed by atoms with Gasteiger partial charge in [-0.15, -0.1) is 11.3 Å². The molecule has 1 heterocycles. The number of hydrogen-bond acceptors (Lipinski definition) is 5. The second kappa shape index (κ2) is 4.96. The molecule has 19 heavy (non-hydrogen) atoms. The second-order valence-corrected chi connectivity index (χ2v) is 5.60. The van der Waals surface area contributed by atoms with Crippen molar-refractivity contribution in [2.45, 2.75) is 38.0 Å². The van der Waals surface area contributed by atoms with Crippen LogP contribution in [0.1, 0.15) is 57.3 Å². The first kappa shape index (κ1) is 14.0. The summed E-state index contributed by atoms with van der Waals surface area (Å²) in [5, 5.41) is 0.419. The lowest BCUT2D eigenvalue weighted by Crippen LogP contribution is -2.09. The molecule has 0 aliphatic heterocycles. The topological polar surface area (TPSA) is 56.3 Å². The molecule has 1 aromatic rings. The van der Waals surface area contributed by atoms with Crippen LogP contribution in [0.15, 0.2) is 0 Å². The number of hydrogen-bond donors (Lipinski definition) is 0. The van der Waals surface area contributed by atoms with Gasteiger partial charge >= 0.3 is 5.97 Å². The van der Waals surface area contributed by atoms with Crippen LogP contribution in [0.25, 0.3) is 0 Å². The van der Waals surface area contributed by atoms with E-state index in [0.717, 1.165) is 11.3 Å². The molecule has 0 saturated heterocycles. The summed E-state index contributed by atoms with van der Waals surface area (Å²) in [5.41, 5.74) is -0.0646. The molecule has 1 aliphatic rings. The molecule has 1 unspecified atom stereocenters. The van der Waals surface area contributed by atoms with E-state index >= 15 is 0 Å². The SMILES string of the molecule is COC(=O)c1nc(C2CCC(F)(F)C2)sc1C(C)=O. The smallest absolute Gasteiger partial charge is 0.358 e. The first-order valence-corrected chi connectivity index (χ1v) is 6.63. The number of methoxy groups -OCH3 is 1.